The molecule has 0 heterocycles. The fourth-order valence-electron chi connectivity index (χ4n) is 0.807. The van der Waals surface area contributed by atoms with E-state index >= 15 is 0 Å². The topological polar surface area (TPSA) is 49.8 Å². The van der Waals surface area contributed by atoms with Crippen LogP contribution in [0.1, 0.15) is 52.9 Å². The zero-order valence-corrected chi connectivity index (χ0v) is 13.2. The van der Waals surface area contributed by atoms with E-state index in [1.54, 1.807) is 0 Å². The molecule has 0 atom stereocenters. The SMILES string of the molecule is CCCCCC(=O)OCCC.CCN(C)C.CO. The highest BCUT2D eigenvalue weighted by Gasteiger charge is 1.99. The molecule has 0 aliphatic rings. The minimum Gasteiger partial charge on any atom is -0.466 e. The predicted molar refractivity (Wildman–Crippen MR) is 77.8 cm³/mol. The van der Waals surface area contributed by atoms with Gasteiger partial charge in [-0.1, -0.05) is 33.6 Å². The number of unbranched alkanes of at least 4 members (excludes halogenated alkanes) is 2. The second-order valence-corrected chi connectivity index (χ2v) is 4.07. The molecule has 4 heteroatoms. The number of hydrogen-bond acceptors (Lipinski definition) is 4. The molecule has 0 fully saturated rings. The normalized spacial score (nSPS) is 8.89. The Labute approximate surface area is 113 Å². The third kappa shape index (κ3) is 29.5. The summed E-state index contributed by atoms with van der Waals surface area (Å²) in [5.74, 6) is -0.0414. The van der Waals surface area contributed by atoms with Crippen LogP contribution >= 0.6 is 0 Å². The van der Waals surface area contributed by atoms with Crippen molar-refractivity contribution in [2.75, 3.05) is 34.4 Å². The van der Waals surface area contributed by atoms with E-state index in [0.29, 0.717) is 13.0 Å². The van der Waals surface area contributed by atoms with Crippen LogP contribution in [-0.2, 0) is 9.53 Å². The number of aliphatic hydroxyl groups is 1. The Morgan fingerprint density at radius 1 is 1.06 bits per heavy atom. The van der Waals surface area contributed by atoms with Gasteiger partial charge in [0.1, 0.15) is 0 Å². The number of aliphatic hydroxyl groups excluding tert-OH is 1. The summed E-state index contributed by atoms with van der Waals surface area (Å²) >= 11 is 0. The standard InChI is InChI=1S/C9H18O2.C4H11N.CH4O/c1-3-5-6-7-9(10)11-8-4-2;1-4-5(2)3;1-2/h3-8H2,1-2H3;4H2,1-3H3;2H,1H3. The van der Waals surface area contributed by atoms with Crippen molar-refractivity contribution < 1.29 is 14.6 Å². The van der Waals surface area contributed by atoms with E-state index in [1.807, 2.05) is 6.92 Å². The van der Waals surface area contributed by atoms with Gasteiger partial charge in [0.05, 0.1) is 6.61 Å². The van der Waals surface area contributed by atoms with E-state index < -0.39 is 0 Å². The lowest BCUT2D eigenvalue weighted by atomic mass is 10.2. The number of hydrogen-bond donors (Lipinski definition) is 1. The third-order valence-corrected chi connectivity index (χ3v) is 2.08. The summed E-state index contributed by atoms with van der Waals surface area (Å²) in [6.45, 7) is 7.96. The second kappa shape index (κ2) is 21.7. The average Bonchev–Trinajstić information content (AvgIpc) is 2.39. The van der Waals surface area contributed by atoms with Crippen LogP contribution in [0.15, 0.2) is 0 Å². The molecular weight excluding hydrogens is 230 g/mol. The first-order chi connectivity index (χ1) is 8.58. The number of esters is 1. The molecule has 0 unspecified atom stereocenters. The maximum Gasteiger partial charge on any atom is 0.305 e. The third-order valence-electron chi connectivity index (χ3n) is 2.08. The minimum atomic E-state index is -0.0414. The van der Waals surface area contributed by atoms with Crippen molar-refractivity contribution in [3.05, 3.63) is 0 Å². The molecule has 0 radical (unpaired) electrons. The van der Waals surface area contributed by atoms with Gasteiger partial charge in [-0.2, -0.15) is 0 Å². The molecule has 0 aromatic rings. The van der Waals surface area contributed by atoms with E-state index in [1.165, 1.54) is 0 Å². The van der Waals surface area contributed by atoms with Crippen molar-refractivity contribution in [3.63, 3.8) is 0 Å². The number of carbonyl (C=O) groups is 1. The molecule has 0 spiro atoms. The van der Waals surface area contributed by atoms with Crippen molar-refractivity contribution in [1.82, 2.24) is 4.90 Å². The van der Waals surface area contributed by atoms with Crippen LogP contribution in [0.25, 0.3) is 0 Å². The largest absolute Gasteiger partial charge is 0.466 e. The van der Waals surface area contributed by atoms with E-state index in [4.69, 9.17) is 9.84 Å². The zero-order chi connectivity index (χ0) is 14.8. The summed E-state index contributed by atoms with van der Waals surface area (Å²) in [5, 5.41) is 7.00. The highest BCUT2D eigenvalue weighted by molar-refractivity contribution is 5.69. The molecule has 0 aliphatic heterocycles. The van der Waals surface area contributed by atoms with Gasteiger partial charge in [0, 0.05) is 13.5 Å². The van der Waals surface area contributed by atoms with Gasteiger partial charge in [0.25, 0.3) is 0 Å². The van der Waals surface area contributed by atoms with Crippen LogP contribution in [0.3, 0.4) is 0 Å². The molecule has 18 heavy (non-hydrogen) atoms. The minimum absolute atomic E-state index is 0.0414. The molecular formula is C14H33NO3. The van der Waals surface area contributed by atoms with Crippen LogP contribution in [0, 0.1) is 0 Å². The Bertz CT molecular complexity index is 150. The lowest BCUT2D eigenvalue weighted by Crippen LogP contribution is -2.08. The van der Waals surface area contributed by atoms with Crippen LogP contribution in [0.2, 0.25) is 0 Å². The van der Waals surface area contributed by atoms with Gasteiger partial charge in [-0.3, -0.25) is 4.79 Å². The number of carbonyl (C=O) groups excluding carboxylic acids is 1. The first-order valence-corrected chi connectivity index (χ1v) is 6.83. The van der Waals surface area contributed by atoms with E-state index in [-0.39, 0.29) is 5.97 Å². The lowest BCUT2D eigenvalue weighted by molar-refractivity contribution is -0.143. The monoisotopic (exact) mass is 263 g/mol. The molecule has 0 aliphatic carbocycles. The van der Waals surface area contributed by atoms with Crippen LogP contribution in [0.4, 0.5) is 0 Å². The zero-order valence-electron chi connectivity index (χ0n) is 13.2. The van der Waals surface area contributed by atoms with Crippen LogP contribution in [0.5, 0.6) is 0 Å². The quantitative estimate of drug-likeness (QED) is 0.567. The van der Waals surface area contributed by atoms with Crippen molar-refractivity contribution in [2.24, 2.45) is 0 Å². The lowest BCUT2D eigenvalue weighted by Gasteiger charge is -2.01. The van der Waals surface area contributed by atoms with Gasteiger partial charge < -0.3 is 14.7 Å². The first kappa shape index (κ1) is 22.6. The Balaban J connectivity index is -0.000000270. The van der Waals surface area contributed by atoms with E-state index in [9.17, 15) is 4.79 Å². The molecule has 0 aromatic heterocycles. The predicted octanol–water partition coefficient (Wildman–Crippen LogP) is 2.70. The van der Waals surface area contributed by atoms with E-state index in [2.05, 4.69) is 32.8 Å². The van der Waals surface area contributed by atoms with Gasteiger partial charge >= 0.3 is 5.97 Å². The van der Waals surface area contributed by atoms with E-state index in [0.717, 1.165) is 39.3 Å². The Hall–Kier alpha value is -0.610. The summed E-state index contributed by atoms with van der Waals surface area (Å²) < 4.78 is 4.90. The van der Waals surface area contributed by atoms with Crippen molar-refractivity contribution in [1.29, 1.82) is 0 Å². The molecule has 4 nitrogen and oxygen atoms in total. The van der Waals surface area contributed by atoms with Gasteiger partial charge in [-0.15, -0.1) is 0 Å². The summed E-state index contributed by atoms with van der Waals surface area (Å²) in [6.07, 6.45) is 4.76. The second-order valence-electron chi connectivity index (χ2n) is 4.07. The smallest absolute Gasteiger partial charge is 0.305 e. The molecule has 112 valence electrons. The summed E-state index contributed by atoms with van der Waals surface area (Å²) in [4.78, 5) is 13.0. The van der Waals surface area contributed by atoms with Gasteiger partial charge in [0.15, 0.2) is 0 Å². The Morgan fingerprint density at radius 2 is 1.56 bits per heavy atom. The van der Waals surface area contributed by atoms with Crippen LogP contribution < -0.4 is 0 Å². The molecule has 0 amide bonds. The fraction of sp³-hybridized carbons (Fsp3) is 0.929. The van der Waals surface area contributed by atoms with Crippen LogP contribution in [-0.4, -0.2) is 50.3 Å². The number of nitrogens with zero attached hydrogens (tertiary/aromatic N) is 1. The Kier molecular flexibility index (Phi) is 27.1. The van der Waals surface area contributed by atoms with Crippen molar-refractivity contribution >= 4 is 5.97 Å². The summed E-state index contributed by atoms with van der Waals surface area (Å²) in [6, 6.07) is 0. The van der Waals surface area contributed by atoms with Crippen molar-refractivity contribution in [3.8, 4) is 0 Å². The molecule has 0 saturated heterocycles. The molecule has 0 rings (SSSR count). The maximum atomic E-state index is 10.9. The molecule has 1 N–H and O–H groups in total. The van der Waals surface area contributed by atoms with Gasteiger partial charge in [0.2, 0.25) is 0 Å². The maximum absolute atomic E-state index is 10.9. The number of rotatable bonds is 7. The highest BCUT2D eigenvalue weighted by Crippen LogP contribution is 2.00. The molecule has 0 bridgehead atoms. The molecule has 0 saturated carbocycles. The molecule has 0 aromatic carbocycles. The summed E-state index contributed by atoms with van der Waals surface area (Å²) in [7, 11) is 5.11. The number of ether oxygens (including phenoxy) is 1. The highest BCUT2D eigenvalue weighted by atomic mass is 16.5. The van der Waals surface area contributed by atoms with Crippen molar-refractivity contribution in [2.45, 2.75) is 52.9 Å². The summed E-state index contributed by atoms with van der Waals surface area (Å²) in [5.41, 5.74) is 0. The Morgan fingerprint density at radius 3 is 1.89 bits per heavy atom. The average molecular weight is 263 g/mol. The van der Waals surface area contributed by atoms with Gasteiger partial charge in [-0.25, -0.2) is 0 Å². The van der Waals surface area contributed by atoms with Gasteiger partial charge in [-0.05, 0) is 33.5 Å². The fourth-order valence-corrected chi connectivity index (χ4v) is 0.807. The first-order valence-electron chi connectivity index (χ1n) is 6.83.